The first-order valence-corrected chi connectivity index (χ1v) is 8.62. The maximum atomic E-state index is 12.7. The zero-order chi connectivity index (χ0) is 18.6. The highest BCUT2D eigenvalue weighted by molar-refractivity contribution is 6.33. The fourth-order valence-electron chi connectivity index (χ4n) is 2.74. The molecule has 1 saturated carbocycles. The van der Waals surface area contributed by atoms with Crippen LogP contribution in [0.1, 0.15) is 36.8 Å². The molecule has 1 aliphatic carbocycles. The van der Waals surface area contributed by atoms with E-state index in [1.807, 2.05) is 30.3 Å². The Morgan fingerprint density at radius 1 is 1.12 bits per heavy atom. The van der Waals surface area contributed by atoms with Gasteiger partial charge in [-0.25, -0.2) is 4.98 Å². The third kappa shape index (κ3) is 4.64. The van der Waals surface area contributed by atoms with Crippen molar-refractivity contribution in [1.29, 1.82) is 0 Å². The quantitative estimate of drug-likeness (QED) is 0.646. The fraction of sp³-hybridized carbons (Fsp3) is 0.263. The summed E-state index contributed by atoms with van der Waals surface area (Å²) in [5, 5.41) is 4.24. The lowest BCUT2D eigenvalue weighted by atomic mass is 9.91. The molecule has 0 spiro atoms. The Morgan fingerprint density at radius 3 is 2.54 bits per heavy atom. The van der Waals surface area contributed by atoms with E-state index in [2.05, 4.69) is 21.6 Å². The first-order chi connectivity index (χ1) is 12.4. The molecule has 0 radical (unpaired) electrons. The standard InChI is InChI=1S/C19H17ClF3N3/c20-16-11-15(19(21,22)23)12-24-18(16)26-25-17-9-5-4-8-14(17)10-13-6-2-1-3-7-13/h1-3,6-7,10-12H,4-5,8-9H2,(H,24,26)/b14-10+,25-17-. The van der Waals surface area contributed by atoms with Gasteiger partial charge in [-0.2, -0.15) is 18.3 Å². The largest absolute Gasteiger partial charge is 0.417 e. The summed E-state index contributed by atoms with van der Waals surface area (Å²) in [7, 11) is 0. The highest BCUT2D eigenvalue weighted by atomic mass is 35.5. The summed E-state index contributed by atoms with van der Waals surface area (Å²) in [5.74, 6) is 0.108. The van der Waals surface area contributed by atoms with Gasteiger partial charge in [0, 0.05) is 6.20 Å². The molecule has 0 bridgehead atoms. The number of halogens is 4. The Kier molecular flexibility index (Phi) is 5.61. The van der Waals surface area contributed by atoms with Gasteiger partial charge in [0.05, 0.1) is 16.3 Å². The molecule has 0 atom stereocenters. The molecule has 1 heterocycles. The molecule has 3 rings (SSSR count). The molecule has 0 aliphatic heterocycles. The lowest BCUT2D eigenvalue weighted by Gasteiger charge is -2.17. The normalized spacial score (nSPS) is 18.3. The van der Waals surface area contributed by atoms with Crippen molar-refractivity contribution in [2.24, 2.45) is 5.10 Å². The van der Waals surface area contributed by atoms with Crippen molar-refractivity contribution in [2.45, 2.75) is 31.9 Å². The molecular formula is C19H17ClF3N3. The molecule has 1 aliphatic rings. The minimum Gasteiger partial charge on any atom is -0.260 e. The van der Waals surface area contributed by atoms with Gasteiger partial charge in [-0.1, -0.05) is 41.9 Å². The van der Waals surface area contributed by atoms with Gasteiger partial charge in [-0.05, 0) is 49.0 Å². The van der Waals surface area contributed by atoms with E-state index in [4.69, 9.17) is 11.6 Å². The number of hydrogen-bond donors (Lipinski definition) is 1. The SMILES string of the molecule is FC(F)(F)c1cnc(N/N=C2/CCCC/C2=C\c2ccccc2)c(Cl)c1. The van der Waals surface area contributed by atoms with E-state index in [-0.39, 0.29) is 10.8 Å². The van der Waals surface area contributed by atoms with Crippen LogP contribution in [0.25, 0.3) is 6.08 Å². The number of hydrazone groups is 1. The zero-order valence-corrected chi connectivity index (χ0v) is 14.6. The topological polar surface area (TPSA) is 37.3 Å². The van der Waals surface area contributed by atoms with Gasteiger partial charge in [-0.3, -0.25) is 5.43 Å². The molecule has 0 unspecified atom stereocenters. The summed E-state index contributed by atoms with van der Waals surface area (Å²) >= 11 is 5.91. The van der Waals surface area contributed by atoms with Crippen LogP contribution in [0.3, 0.4) is 0 Å². The number of allylic oxidation sites excluding steroid dienone is 1. The van der Waals surface area contributed by atoms with Gasteiger partial charge >= 0.3 is 6.18 Å². The Morgan fingerprint density at radius 2 is 1.85 bits per heavy atom. The van der Waals surface area contributed by atoms with Gasteiger partial charge in [0.15, 0.2) is 5.82 Å². The van der Waals surface area contributed by atoms with Gasteiger partial charge in [-0.15, -0.1) is 0 Å². The van der Waals surface area contributed by atoms with Crippen molar-refractivity contribution in [3.05, 3.63) is 64.3 Å². The van der Waals surface area contributed by atoms with Crippen LogP contribution < -0.4 is 5.43 Å². The van der Waals surface area contributed by atoms with E-state index in [1.54, 1.807) is 0 Å². The molecule has 0 amide bonds. The molecule has 1 N–H and O–H groups in total. The van der Waals surface area contributed by atoms with Crippen LogP contribution >= 0.6 is 11.6 Å². The second kappa shape index (κ2) is 7.91. The number of nitrogens with one attached hydrogen (secondary N) is 1. The predicted molar refractivity (Wildman–Crippen MR) is 98.2 cm³/mol. The van der Waals surface area contributed by atoms with Crippen LogP contribution in [0.4, 0.5) is 19.0 Å². The number of hydrogen-bond acceptors (Lipinski definition) is 3. The smallest absolute Gasteiger partial charge is 0.260 e. The molecule has 1 aromatic carbocycles. The van der Waals surface area contributed by atoms with Gasteiger partial charge < -0.3 is 0 Å². The number of aromatic nitrogens is 1. The maximum Gasteiger partial charge on any atom is 0.417 e. The van der Waals surface area contributed by atoms with Crippen molar-refractivity contribution < 1.29 is 13.2 Å². The van der Waals surface area contributed by atoms with Crippen molar-refractivity contribution in [3.63, 3.8) is 0 Å². The Balaban J connectivity index is 1.81. The number of anilines is 1. The van der Waals surface area contributed by atoms with E-state index in [1.165, 1.54) is 0 Å². The lowest BCUT2D eigenvalue weighted by molar-refractivity contribution is -0.137. The Labute approximate surface area is 154 Å². The molecule has 7 heteroatoms. The second-order valence-corrected chi connectivity index (χ2v) is 6.42. The van der Waals surface area contributed by atoms with Crippen LogP contribution in [0.2, 0.25) is 5.02 Å². The monoisotopic (exact) mass is 379 g/mol. The molecule has 0 saturated heterocycles. The average molecular weight is 380 g/mol. The van der Waals surface area contributed by atoms with E-state index >= 15 is 0 Å². The third-order valence-corrected chi connectivity index (χ3v) is 4.37. The molecule has 2 aromatic rings. The van der Waals surface area contributed by atoms with Gasteiger partial charge in [0.2, 0.25) is 0 Å². The minimum atomic E-state index is -4.48. The summed E-state index contributed by atoms with van der Waals surface area (Å²) < 4.78 is 38.0. The summed E-state index contributed by atoms with van der Waals surface area (Å²) in [6, 6.07) is 10.8. The number of rotatable bonds is 3. The molecule has 136 valence electrons. The zero-order valence-electron chi connectivity index (χ0n) is 13.9. The van der Waals surface area contributed by atoms with Crippen LogP contribution in [0.15, 0.2) is 53.3 Å². The molecule has 26 heavy (non-hydrogen) atoms. The van der Waals surface area contributed by atoms with Crippen LogP contribution in [0, 0.1) is 0 Å². The van der Waals surface area contributed by atoms with Crippen molar-refractivity contribution in [1.82, 2.24) is 4.98 Å². The highest BCUT2D eigenvalue weighted by Gasteiger charge is 2.31. The maximum absolute atomic E-state index is 12.7. The van der Waals surface area contributed by atoms with Crippen molar-refractivity contribution in [2.75, 3.05) is 5.43 Å². The first kappa shape index (κ1) is 18.5. The first-order valence-electron chi connectivity index (χ1n) is 8.25. The molecule has 3 nitrogen and oxygen atoms in total. The number of benzene rings is 1. The molecular weight excluding hydrogens is 363 g/mol. The second-order valence-electron chi connectivity index (χ2n) is 6.01. The fourth-order valence-corrected chi connectivity index (χ4v) is 2.95. The minimum absolute atomic E-state index is 0.108. The third-order valence-electron chi connectivity index (χ3n) is 4.09. The van der Waals surface area contributed by atoms with E-state index in [0.29, 0.717) is 0 Å². The lowest BCUT2D eigenvalue weighted by Crippen LogP contribution is -2.12. The molecule has 1 fully saturated rings. The van der Waals surface area contributed by atoms with Gasteiger partial charge in [0.1, 0.15) is 0 Å². The summed E-state index contributed by atoms with van der Waals surface area (Å²) in [6.45, 7) is 0. The van der Waals surface area contributed by atoms with E-state index < -0.39 is 11.7 Å². The summed E-state index contributed by atoms with van der Waals surface area (Å²) in [6.07, 6.45) is 2.15. The van der Waals surface area contributed by atoms with E-state index in [0.717, 1.165) is 54.8 Å². The van der Waals surface area contributed by atoms with Crippen molar-refractivity contribution in [3.8, 4) is 0 Å². The molecule has 1 aromatic heterocycles. The number of alkyl halides is 3. The Bertz CT molecular complexity index is 830. The number of pyridine rings is 1. The summed E-state index contributed by atoms with van der Waals surface area (Å²) in [5.41, 5.74) is 4.90. The van der Waals surface area contributed by atoms with Gasteiger partial charge in [0.25, 0.3) is 0 Å². The predicted octanol–water partition coefficient (Wildman–Crippen LogP) is 6.18. The van der Waals surface area contributed by atoms with Crippen molar-refractivity contribution >= 4 is 29.2 Å². The summed E-state index contributed by atoms with van der Waals surface area (Å²) in [4.78, 5) is 3.75. The Hall–Kier alpha value is -2.34. The highest BCUT2D eigenvalue weighted by Crippen LogP contribution is 2.32. The van der Waals surface area contributed by atoms with Crippen LogP contribution in [0.5, 0.6) is 0 Å². The average Bonchev–Trinajstić information content (AvgIpc) is 2.62. The van der Waals surface area contributed by atoms with Crippen LogP contribution in [-0.2, 0) is 6.18 Å². The van der Waals surface area contributed by atoms with Crippen LogP contribution in [-0.4, -0.2) is 10.7 Å². The van der Waals surface area contributed by atoms with E-state index in [9.17, 15) is 13.2 Å². The number of nitrogens with zero attached hydrogens (tertiary/aromatic N) is 2.